The molecule has 0 aliphatic rings. The monoisotopic (exact) mass is 248 g/mol. The Hall–Kier alpha value is -0.490. The number of nitrogens with one attached hydrogen (secondary N) is 1. The highest BCUT2D eigenvalue weighted by molar-refractivity contribution is 7.83. The zero-order valence-electron chi connectivity index (χ0n) is 8.62. The molecule has 1 N–H and O–H groups in total. The summed E-state index contributed by atoms with van der Waals surface area (Å²) >= 11 is 5.76. The summed E-state index contributed by atoms with van der Waals surface area (Å²) in [4.78, 5) is 4.55. The van der Waals surface area contributed by atoms with E-state index < -0.39 is 11.0 Å². The fourth-order valence-electron chi connectivity index (χ4n) is 0.953. The normalized spacial score (nSPS) is 12.7. The fraction of sp³-hybridized carbons (Fsp3) is 0.444. The number of nitrogens with zero attached hydrogens (tertiary/aromatic N) is 1. The van der Waals surface area contributed by atoms with Crippen LogP contribution in [0.15, 0.2) is 17.2 Å². The summed E-state index contributed by atoms with van der Waals surface area (Å²) < 4.78 is 19.3. The van der Waals surface area contributed by atoms with Gasteiger partial charge in [-0.1, -0.05) is 11.6 Å². The van der Waals surface area contributed by atoms with E-state index in [1.54, 1.807) is 13.2 Å². The van der Waals surface area contributed by atoms with Gasteiger partial charge in [0.25, 0.3) is 0 Å². The first kappa shape index (κ1) is 12.6. The highest BCUT2D eigenvalue weighted by atomic mass is 35.5. The molecule has 1 rings (SSSR count). The number of halogens is 1. The number of aryl methyl sites for hydroxylation is 1. The van der Waals surface area contributed by atoms with Crippen LogP contribution in [0.4, 0.5) is 0 Å². The van der Waals surface area contributed by atoms with Gasteiger partial charge in [-0.2, -0.15) is 0 Å². The first-order valence-electron chi connectivity index (χ1n) is 4.41. The molecule has 0 bridgehead atoms. The van der Waals surface area contributed by atoms with Crippen molar-refractivity contribution in [3.05, 3.63) is 23.0 Å². The van der Waals surface area contributed by atoms with Gasteiger partial charge in [0, 0.05) is 19.9 Å². The van der Waals surface area contributed by atoms with Crippen molar-refractivity contribution < 1.29 is 8.95 Å². The van der Waals surface area contributed by atoms with E-state index >= 15 is 0 Å². The molecule has 1 aromatic rings. The SMILES string of the molecule is COCCNS(=O)c1cnc(Cl)c(C)c1. The predicted molar refractivity (Wildman–Crippen MR) is 60.3 cm³/mol. The molecule has 1 heterocycles. The number of methoxy groups -OCH3 is 1. The van der Waals surface area contributed by atoms with E-state index in [2.05, 4.69) is 9.71 Å². The molecule has 0 saturated heterocycles. The van der Waals surface area contributed by atoms with Crippen LogP contribution in [0.3, 0.4) is 0 Å². The predicted octanol–water partition coefficient (Wildman–Crippen LogP) is 1.30. The number of aromatic nitrogens is 1. The lowest BCUT2D eigenvalue weighted by Crippen LogP contribution is -2.22. The second-order valence-corrected chi connectivity index (χ2v) is 4.59. The number of hydrogen-bond acceptors (Lipinski definition) is 3. The molecular formula is C9H13ClN2O2S. The summed E-state index contributed by atoms with van der Waals surface area (Å²) in [6, 6.07) is 1.76. The fourth-order valence-corrected chi connectivity index (χ4v) is 1.92. The minimum Gasteiger partial charge on any atom is -0.383 e. The van der Waals surface area contributed by atoms with Crippen LogP contribution in [-0.4, -0.2) is 29.5 Å². The van der Waals surface area contributed by atoms with Gasteiger partial charge in [-0.05, 0) is 18.6 Å². The summed E-state index contributed by atoms with van der Waals surface area (Å²) in [7, 11) is 0.341. The second kappa shape index (κ2) is 6.17. The molecule has 4 nitrogen and oxygen atoms in total. The Balaban J connectivity index is 2.62. The van der Waals surface area contributed by atoms with E-state index in [1.807, 2.05) is 6.92 Å². The van der Waals surface area contributed by atoms with Gasteiger partial charge in [-0.15, -0.1) is 0 Å². The van der Waals surface area contributed by atoms with Crippen molar-refractivity contribution in [3.63, 3.8) is 0 Å². The lowest BCUT2D eigenvalue weighted by Gasteiger charge is -2.05. The molecule has 6 heteroatoms. The van der Waals surface area contributed by atoms with E-state index in [1.165, 1.54) is 6.20 Å². The molecule has 0 aliphatic heterocycles. The number of pyridine rings is 1. The Labute approximate surface area is 96.6 Å². The van der Waals surface area contributed by atoms with Crippen molar-refractivity contribution in [2.45, 2.75) is 11.8 Å². The summed E-state index contributed by atoms with van der Waals surface area (Å²) in [5, 5.41) is 0.438. The van der Waals surface area contributed by atoms with Gasteiger partial charge in [-0.25, -0.2) is 13.9 Å². The van der Waals surface area contributed by atoms with Crippen molar-refractivity contribution >= 4 is 22.6 Å². The van der Waals surface area contributed by atoms with Crippen LogP contribution in [0.2, 0.25) is 5.15 Å². The third kappa shape index (κ3) is 3.87. The van der Waals surface area contributed by atoms with Crippen molar-refractivity contribution in [1.29, 1.82) is 0 Å². The maximum atomic E-state index is 11.6. The van der Waals surface area contributed by atoms with Crippen molar-refractivity contribution in [3.8, 4) is 0 Å². The van der Waals surface area contributed by atoms with E-state index in [9.17, 15) is 4.21 Å². The second-order valence-electron chi connectivity index (χ2n) is 2.93. The Morgan fingerprint density at radius 2 is 2.40 bits per heavy atom. The first-order valence-corrected chi connectivity index (χ1v) is 5.94. The molecule has 0 saturated carbocycles. The standard InChI is InChI=1S/C9H13ClN2O2S/c1-7-5-8(6-11-9(7)10)15(13)12-3-4-14-2/h5-6,12H,3-4H2,1-2H3. The zero-order chi connectivity index (χ0) is 11.3. The van der Waals surface area contributed by atoms with Crippen molar-refractivity contribution in [2.75, 3.05) is 20.3 Å². The van der Waals surface area contributed by atoms with Crippen molar-refractivity contribution in [2.24, 2.45) is 0 Å². The Bertz CT molecular complexity index is 360. The van der Waals surface area contributed by atoms with E-state index in [0.29, 0.717) is 23.2 Å². The van der Waals surface area contributed by atoms with Gasteiger partial charge >= 0.3 is 0 Å². The smallest absolute Gasteiger partial charge is 0.132 e. The van der Waals surface area contributed by atoms with Crippen LogP contribution in [-0.2, 0) is 15.7 Å². The molecule has 0 radical (unpaired) electrons. The largest absolute Gasteiger partial charge is 0.383 e. The van der Waals surface area contributed by atoms with Crippen LogP contribution < -0.4 is 4.72 Å². The summed E-state index contributed by atoms with van der Waals surface area (Å²) in [5.41, 5.74) is 0.816. The number of ether oxygens (including phenoxy) is 1. The van der Waals surface area contributed by atoms with Crippen LogP contribution in [0.1, 0.15) is 5.56 Å². The van der Waals surface area contributed by atoms with Crippen LogP contribution >= 0.6 is 11.6 Å². The van der Waals surface area contributed by atoms with Crippen LogP contribution in [0.5, 0.6) is 0 Å². The zero-order valence-corrected chi connectivity index (χ0v) is 10.2. The maximum absolute atomic E-state index is 11.6. The molecule has 15 heavy (non-hydrogen) atoms. The van der Waals surface area contributed by atoms with Gasteiger partial charge in [0.1, 0.15) is 16.1 Å². The Morgan fingerprint density at radius 1 is 1.67 bits per heavy atom. The molecule has 0 amide bonds. The summed E-state index contributed by atoms with van der Waals surface area (Å²) in [6.45, 7) is 2.88. The molecular weight excluding hydrogens is 236 g/mol. The molecule has 0 fully saturated rings. The molecule has 0 aromatic carbocycles. The lowest BCUT2D eigenvalue weighted by molar-refractivity contribution is 0.205. The van der Waals surface area contributed by atoms with Gasteiger partial charge < -0.3 is 4.74 Å². The molecule has 1 atom stereocenters. The quantitative estimate of drug-likeness (QED) is 0.631. The van der Waals surface area contributed by atoms with E-state index in [-0.39, 0.29) is 0 Å². The van der Waals surface area contributed by atoms with Gasteiger partial charge in [0.15, 0.2) is 0 Å². The Morgan fingerprint density at radius 3 is 3.00 bits per heavy atom. The molecule has 0 aliphatic carbocycles. The van der Waals surface area contributed by atoms with E-state index in [4.69, 9.17) is 16.3 Å². The topological polar surface area (TPSA) is 51.2 Å². The molecule has 0 spiro atoms. The first-order chi connectivity index (χ1) is 7.15. The van der Waals surface area contributed by atoms with Crippen molar-refractivity contribution in [1.82, 2.24) is 9.71 Å². The number of rotatable bonds is 5. The molecule has 1 aromatic heterocycles. The average molecular weight is 249 g/mol. The van der Waals surface area contributed by atoms with Crippen LogP contribution in [0, 0.1) is 6.92 Å². The van der Waals surface area contributed by atoms with Crippen LogP contribution in [0.25, 0.3) is 0 Å². The van der Waals surface area contributed by atoms with Gasteiger partial charge in [0.2, 0.25) is 0 Å². The van der Waals surface area contributed by atoms with E-state index in [0.717, 1.165) is 5.56 Å². The van der Waals surface area contributed by atoms with Gasteiger partial charge in [-0.3, -0.25) is 0 Å². The summed E-state index contributed by atoms with van der Waals surface area (Å²) in [6.07, 6.45) is 1.51. The third-order valence-corrected chi connectivity index (χ3v) is 3.26. The van der Waals surface area contributed by atoms with Gasteiger partial charge in [0.05, 0.1) is 11.5 Å². The third-order valence-electron chi connectivity index (χ3n) is 1.74. The minimum atomic E-state index is -1.25. The minimum absolute atomic E-state index is 0.438. The average Bonchev–Trinajstić information content (AvgIpc) is 2.22. The Kier molecular flexibility index (Phi) is 5.17. The maximum Gasteiger partial charge on any atom is 0.132 e. The lowest BCUT2D eigenvalue weighted by atomic mass is 10.3. The number of hydrogen-bond donors (Lipinski definition) is 1. The highest BCUT2D eigenvalue weighted by Crippen LogP contribution is 2.14. The summed E-state index contributed by atoms with van der Waals surface area (Å²) in [5.74, 6) is 0. The molecule has 1 unspecified atom stereocenters. The molecule has 84 valence electrons. The highest BCUT2D eigenvalue weighted by Gasteiger charge is 2.05.